The molecule has 2 heteroatoms. The van der Waals surface area contributed by atoms with Crippen LogP contribution in [0.1, 0.15) is 51.0 Å². The van der Waals surface area contributed by atoms with E-state index in [2.05, 4.69) is 59.4 Å². The Morgan fingerprint density at radius 1 is 1.32 bits per heavy atom. The summed E-state index contributed by atoms with van der Waals surface area (Å²) in [6.45, 7) is 5.99. The molecule has 2 saturated carbocycles. The van der Waals surface area contributed by atoms with Gasteiger partial charge in [-0.3, -0.25) is 0 Å². The number of hydrogen-bond donors (Lipinski definition) is 1. The van der Waals surface area contributed by atoms with Gasteiger partial charge in [0.25, 0.3) is 0 Å². The van der Waals surface area contributed by atoms with Crippen LogP contribution in [0.3, 0.4) is 0 Å². The van der Waals surface area contributed by atoms with Crippen molar-refractivity contribution in [2.45, 2.75) is 51.5 Å². The van der Waals surface area contributed by atoms with Crippen LogP contribution in [0.4, 0.5) is 0 Å². The van der Waals surface area contributed by atoms with E-state index >= 15 is 0 Å². The molecule has 1 nitrogen and oxygen atoms in total. The first-order valence-corrected chi connectivity index (χ1v) is 8.37. The standard InChI is InChI=1S/C17H24BrN/c1-12(2)17(6-7-17)11-19-16-9-14(10-16)13-4-3-5-15(18)8-13/h3-5,8,12,14,16,19H,6-7,9-11H2,1-2H3. The van der Waals surface area contributed by atoms with E-state index < -0.39 is 0 Å². The van der Waals surface area contributed by atoms with Crippen LogP contribution < -0.4 is 5.32 Å². The van der Waals surface area contributed by atoms with Crippen LogP contribution >= 0.6 is 15.9 Å². The van der Waals surface area contributed by atoms with Crippen molar-refractivity contribution in [1.29, 1.82) is 0 Å². The molecular formula is C17H24BrN. The molecule has 0 aliphatic heterocycles. The lowest BCUT2D eigenvalue weighted by Crippen LogP contribution is -2.43. The van der Waals surface area contributed by atoms with Gasteiger partial charge in [-0.05, 0) is 60.6 Å². The third kappa shape index (κ3) is 2.90. The minimum Gasteiger partial charge on any atom is -0.313 e. The number of rotatable bonds is 5. The van der Waals surface area contributed by atoms with E-state index in [4.69, 9.17) is 0 Å². The fourth-order valence-electron chi connectivity index (χ4n) is 3.28. The summed E-state index contributed by atoms with van der Waals surface area (Å²) in [5.74, 6) is 1.60. The van der Waals surface area contributed by atoms with E-state index in [1.165, 1.54) is 42.3 Å². The molecule has 3 rings (SSSR count). The van der Waals surface area contributed by atoms with Gasteiger partial charge in [0.1, 0.15) is 0 Å². The van der Waals surface area contributed by atoms with Gasteiger partial charge in [0.15, 0.2) is 0 Å². The van der Waals surface area contributed by atoms with E-state index in [0.29, 0.717) is 5.41 Å². The van der Waals surface area contributed by atoms with Crippen molar-refractivity contribution in [1.82, 2.24) is 5.32 Å². The molecule has 0 aromatic heterocycles. The zero-order chi connectivity index (χ0) is 13.5. The molecular weight excluding hydrogens is 298 g/mol. The molecule has 0 atom stereocenters. The molecule has 0 amide bonds. The van der Waals surface area contributed by atoms with Crippen LogP contribution in [0, 0.1) is 11.3 Å². The quantitative estimate of drug-likeness (QED) is 0.827. The molecule has 0 spiro atoms. The maximum Gasteiger partial charge on any atom is 0.0178 e. The van der Waals surface area contributed by atoms with Crippen molar-refractivity contribution in [3.05, 3.63) is 34.3 Å². The third-order valence-corrected chi connectivity index (χ3v) is 5.81. The number of halogens is 1. The zero-order valence-electron chi connectivity index (χ0n) is 12.0. The molecule has 0 heterocycles. The largest absolute Gasteiger partial charge is 0.313 e. The molecule has 2 fully saturated rings. The van der Waals surface area contributed by atoms with Gasteiger partial charge in [0, 0.05) is 17.1 Å². The molecule has 104 valence electrons. The van der Waals surface area contributed by atoms with Gasteiger partial charge in [-0.1, -0.05) is 41.9 Å². The van der Waals surface area contributed by atoms with Crippen molar-refractivity contribution >= 4 is 15.9 Å². The summed E-state index contributed by atoms with van der Waals surface area (Å²) >= 11 is 3.56. The highest BCUT2D eigenvalue weighted by Crippen LogP contribution is 2.51. The first-order chi connectivity index (χ1) is 9.09. The predicted octanol–water partition coefficient (Wildman–Crippen LogP) is 4.72. The van der Waals surface area contributed by atoms with Crippen LogP contribution in [0.25, 0.3) is 0 Å². The highest BCUT2D eigenvalue weighted by molar-refractivity contribution is 9.10. The molecule has 2 aliphatic carbocycles. The minimum absolute atomic E-state index is 0.640. The van der Waals surface area contributed by atoms with Gasteiger partial charge in [0.2, 0.25) is 0 Å². The summed E-state index contributed by atoms with van der Waals surface area (Å²) in [5, 5.41) is 3.81. The Labute approximate surface area is 125 Å². The summed E-state index contributed by atoms with van der Waals surface area (Å²) in [6.07, 6.45) is 5.48. The van der Waals surface area contributed by atoms with Gasteiger partial charge in [-0.25, -0.2) is 0 Å². The molecule has 0 bridgehead atoms. The van der Waals surface area contributed by atoms with Gasteiger partial charge < -0.3 is 5.32 Å². The van der Waals surface area contributed by atoms with Crippen LogP contribution in [-0.2, 0) is 0 Å². The average molecular weight is 322 g/mol. The molecule has 19 heavy (non-hydrogen) atoms. The average Bonchev–Trinajstić information content (AvgIpc) is 3.08. The topological polar surface area (TPSA) is 12.0 Å². The van der Waals surface area contributed by atoms with Gasteiger partial charge >= 0.3 is 0 Å². The van der Waals surface area contributed by atoms with Crippen molar-refractivity contribution < 1.29 is 0 Å². The molecule has 1 N–H and O–H groups in total. The first kappa shape index (κ1) is 13.6. The van der Waals surface area contributed by atoms with E-state index in [0.717, 1.165) is 17.9 Å². The molecule has 2 aliphatic rings. The second-order valence-electron chi connectivity index (χ2n) is 6.82. The smallest absolute Gasteiger partial charge is 0.0178 e. The second kappa shape index (κ2) is 5.21. The number of benzene rings is 1. The third-order valence-electron chi connectivity index (χ3n) is 5.32. The highest BCUT2D eigenvalue weighted by Gasteiger charge is 2.45. The first-order valence-electron chi connectivity index (χ1n) is 7.58. The van der Waals surface area contributed by atoms with E-state index in [-0.39, 0.29) is 0 Å². The Kier molecular flexibility index (Phi) is 3.74. The van der Waals surface area contributed by atoms with Crippen LogP contribution in [0.2, 0.25) is 0 Å². The lowest BCUT2D eigenvalue weighted by atomic mass is 9.75. The van der Waals surface area contributed by atoms with Crippen LogP contribution in [0.15, 0.2) is 28.7 Å². The maximum atomic E-state index is 3.81. The van der Waals surface area contributed by atoms with Crippen molar-refractivity contribution in [3.8, 4) is 0 Å². The van der Waals surface area contributed by atoms with E-state index in [1.807, 2.05) is 0 Å². The SMILES string of the molecule is CC(C)C1(CNC2CC(c3cccc(Br)c3)C2)CC1. The predicted molar refractivity (Wildman–Crippen MR) is 84.4 cm³/mol. The molecule has 1 aromatic carbocycles. The summed E-state index contributed by atoms with van der Waals surface area (Å²) in [4.78, 5) is 0. The molecule has 0 saturated heterocycles. The van der Waals surface area contributed by atoms with Crippen LogP contribution in [0.5, 0.6) is 0 Å². The Bertz CT molecular complexity index is 444. The monoisotopic (exact) mass is 321 g/mol. The van der Waals surface area contributed by atoms with Gasteiger partial charge in [-0.2, -0.15) is 0 Å². The van der Waals surface area contributed by atoms with Gasteiger partial charge in [-0.15, -0.1) is 0 Å². The lowest BCUT2D eigenvalue weighted by Gasteiger charge is -2.38. The molecule has 0 unspecified atom stereocenters. The second-order valence-corrected chi connectivity index (χ2v) is 7.73. The van der Waals surface area contributed by atoms with Gasteiger partial charge in [0.05, 0.1) is 0 Å². The molecule has 0 radical (unpaired) electrons. The Morgan fingerprint density at radius 2 is 2.05 bits per heavy atom. The number of hydrogen-bond acceptors (Lipinski definition) is 1. The Balaban J connectivity index is 1.46. The normalized spacial score (nSPS) is 28.2. The number of nitrogens with one attached hydrogen (secondary N) is 1. The minimum atomic E-state index is 0.640. The maximum absolute atomic E-state index is 3.81. The summed E-state index contributed by atoms with van der Waals surface area (Å²) in [5.41, 5.74) is 2.14. The fourth-order valence-corrected chi connectivity index (χ4v) is 3.70. The zero-order valence-corrected chi connectivity index (χ0v) is 13.5. The lowest BCUT2D eigenvalue weighted by molar-refractivity contribution is 0.247. The van der Waals surface area contributed by atoms with Crippen molar-refractivity contribution in [3.63, 3.8) is 0 Å². The van der Waals surface area contributed by atoms with E-state index in [9.17, 15) is 0 Å². The van der Waals surface area contributed by atoms with Crippen molar-refractivity contribution in [2.24, 2.45) is 11.3 Å². The molecule has 1 aromatic rings. The summed E-state index contributed by atoms with van der Waals surface area (Å²) in [6, 6.07) is 9.55. The van der Waals surface area contributed by atoms with Crippen LogP contribution in [-0.4, -0.2) is 12.6 Å². The highest BCUT2D eigenvalue weighted by atomic mass is 79.9. The van der Waals surface area contributed by atoms with Crippen molar-refractivity contribution in [2.75, 3.05) is 6.54 Å². The van der Waals surface area contributed by atoms with E-state index in [1.54, 1.807) is 0 Å². The summed E-state index contributed by atoms with van der Waals surface area (Å²) in [7, 11) is 0. The Hall–Kier alpha value is -0.340. The fraction of sp³-hybridized carbons (Fsp3) is 0.647. The summed E-state index contributed by atoms with van der Waals surface area (Å²) < 4.78 is 1.21. The Morgan fingerprint density at radius 3 is 2.63 bits per heavy atom.